The van der Waals surface area contributed by atoms with Crippen LogP contribution in [0.25, 0.3) is 0 Å². The normalized spacial score (nSPS) is 19.6. The van der Waals surface area contributed by atoms with Crippen molar-refractivity contribution in [1.29, 1.82) is 0 Å². The van der Waals surface area contributed by atoms with Gasteiger partial charge in [-0.2, -0.15) is 0 Å². The van der Waals surface area contributed by atoms with Gasteiger partial charge < -0.3 is 14.5 Å². The summed E-state index contributed by atoms with van der Waals surface area (Å²) >= 11 is 1.76. The first-order chi connectivity index (χ1) is 12.7. The summed E-state index contributed by atoms with van der Waals surface area (Å²) in [5.41, 5.74) is 2.01. The first-order valence-electron chi connectivity index (χ1n) is 9.03. The van der Waals surface area contributed by atoms with Crippen molar-refractivity contribution in [2.75, 3.05) is 24.6 Å². The molecule has 3 heterocycles. The van der Waals surface area contributed by atoms with Gasteiger partial charge in [0.05, 0.1) is 18.2 Å². The van der Waals surface area contributed by atoms with Crippen LogP contribution in [0.3, 0.4) is 0 Å². The molecule has 26 heavy (non-hydrogen) atoms. The highest BCUT2D eigenvalue weighted by molar-refractivity contribution is 7.10. The van der Waals surface area contributed by atoms with E-state index in [1.54, 1.807) is 16.2 Å². The Balaban J connectivity index is 1.49. The number of benzene rings is 1. The number of rotatable bonds is 4. The van der Waals surface area contributed by atoms with Crippen LogP contribution in [0.2, 0.25) is 0 Å². The SMILES string of the molecule is CCOc1ccccc1N1CC(C(=O)N2CCc3sccc3C2)CC1=O. The smallest absolute Gasteiger partial charge is 0.228 e. The minimum Gasteiger partial charge on any atom is -0.492 e. The molecule has 0 bridgehead atoms. The molecule has 4 rings (SSSR count). The molecule has 0 saturated carbocycles. The van der Waals surface area contributed by atoms with Crippen LogP contribution in [0.1, 0.15) is 23.8 Å². The zero-order valence-corrected chi connectivity index (χ0v) is 15.6. The molecule has 0 N–H and O–H groups in total. The summed E-state index contributed by atoms with van der Waals surface area (Å²) in [5, 5.41) is 2.09. The summed E-state index contributed by atoms with van der Waals surface area (Å²) in [6, 6.07) is 9.63. The van der Waals surface area contributed by atoms with Crippen molar-refractivity contribution in [3.8, 4) is 5.75 Å². The Morgan fingerprint density at radius 2 is 2.15 bits per heavy atom. The van der Waals surface area contributed by atoms with Crippen molar-refractivity contribution in [1.82, 2.24) is 4.90 Å². The Morgan fingerprint density at radius 3 is 3.00 bits per heavy atom. The predicted molar refractivity (Wildman–Crippen MR) is 102 cm³/mol. The number of anilines is 1. The van der Waals surface area contributed by atoms with Gasteiger partial charge in [0, 0.05) is 30.9 Å². The van der Waals surface area contributed by atoms with Crippen molar-refractivity contribution < 1.29 is 14.3 Å². The van der Waals surface area contributed by atoms with E-state index >= 15 is 0 Å². The second-order valence-corrected chi connectivity index (χ2v) is 7.69. The van der Waals surface area contributed by atoms with E-state index in [0.717, 1.165) is 18.7 Å². The second kappa shape index (κ2) is 7.11. The first-order valence-corrected chi connectivity index (χ1v) is 9.91. The molecule has 1 atom stereocenters. The van der Waals surface area contributed by atoms with Crippen LogP contribution in [0, 0.1) is 5.92 Å². The van der Waals surface area contributed by atoms with Crippen LogP contribution in [0.4, 0.5) is 5.69 Å². The van der Waals surface area contributed by atoms with Gasteiger partial charge in [0.25, 0.3) is 0 Å². The molecule has 6 heteroatoms. The topological polar surface area (TPSA) is 49.9 Å². The number of hydrogen-bond acceptors (Lipinski definition) is 4. The number of nitrogens with zero attached hydrogens (tertiary/aromatic N) is 2. The van der Waals surface area contributed by atoms with Gasteiger partial charge in [-0.25, -0.2) is 0 Å². The summed E-state index contributed by atoms with van der Waals surface area (Å²) in [4.78, 5) is 30.6. The fourth-order valence-electron chi connectivity index (χ4n) is 3.76. The minimum atomic E-state index is -0.280. The number of hydrogen-bond donors (Lipinski definition) is 0. The van der Waals surface area contributed by atoms with Gasteiger partial charge in [-0.15, -0.1) is 11.3 Å². The molecular formula is C20H22N2O3S. The molecule has 0 aliphatic carbocycles. The lowest BCUT2D eigenvalue weighted by atomic mass is 10.0. The van der Waals surface area contributed by atoms with Crippen molar-refractivity contribution in [2.45, 2.75) is 26.3 Å². The van der Waals surface area contributed by atoms with E-state index in [2.05, 4.69) is 11.4 Å². The molecular weight excluding hydrogens is 348 g/mol. The maximum Gasteiger partial charge on any atom is 0.228 e. The van der Waals surface area contributed by atoms with Crippen LogP contribution in [0.5, 0.6) is 5.75 Å². The number of para-hydroxylation sites is 2. The monoisotopic (exact) mass is 370 g/mol. The molecule has 136 valence electrons. The van der Waals surface area contributed by atoms with E-state index < -0.39 is 0 Å². The third kappa shape index (κ3) is 3.09. The first kappa shape index (κ1) is 17.1. The van der Waals surface area contributed by atoms with Crippen LogP contribution < -0.4 is 9.64 Å². The van der Waals surface area contributed by atoms with Crippen LogP contribution in [-0.2, 0) is 22.6 Å². The molecule has 1 saturated heterocycles. The fraction of sp³-hybridized carbons (Fsp3) is 0.400. The molecule has 0 spiro atoms. The lowest BCUT2D eigenvalue weighted by Crippen LogP contribution is -2.40. The summed E-state index contributed by atoms with van der Waals surface area (Å²) in [6.45, 7) is 4.29. The van der Waals surface area contributed by atoms with E-state index in [4.69, 9.17) is 4.74 Å². The van der Waals surface area contributed by atoms with Crippen molar-refractivity contribution >= 4 is 28.8 Å². The molecule has 1 fully saturated rings. The quantitative estimate of drug-likeness (QED) is 0.831. The second-order valence-electron chi connectivity index (χ2n) is 6.68. The average molecular weight is 370 g/mol. The Kier molecular flexibility index (Phi) is 4.68. The Hall–Kier alpha value is -2.34. The van der Waals surface area contributed by atoms with E-state index in [1.165, 1.54) is 10.4 Å². The summed E-state index contributed by atoms with van der Waals surface area (Å²) in [5.74, 6) is 0.491. The van der Waals surface area contributed by atoms with Gasteiger partial charge in [-0.05, 0) is 42.5 Å². The van der Waals surface area contributed by atoms with Crippen molar-refractivity contribution in [3.05, 3.63) is 46.2 Å². The molecule has 2 aliphatic rings. The zero-order valence-electron chi connectivity index (χ0n) is 14.8. The fourth-order valence-corrected chi connectivity index (χ4v) is 4.65. The highest BCUT2D eigenvalue weighted by Gasteiger charge is 2.38. The molecule has 2 amide bonds. The highest BCUT2D eigenvalue weighted by Crippen LogP contribution is 2.34. The third-order valence-corrected chi connectivity index (χ3v) is 6.07. The number of ether oxygens (including phenoxy) is 1. The van der Waals surface area contributed by atoms with E-state index in [1.807, 2.05) is 36.1 Å². The largest absolute Gasteiger partial charge is 0.492 e. The predicted octanol–water partition coefficient (Wildman–Crippen LogP) is 3.08. The van der Waals surface area contributed by atoms with Gasteiger partial charge in [-0.1, -0.05) is 12.1 Å². The molecule has 2 aromatic rings. The van der Waals surface area contributed by atoms with E-state index in [9.17, 15) is 9.59 Å². The molecule has 5 nitrogen and oxygen atoms in total. The van der Waals surface area contributed by atoms with E-state index in [-0.39, 0.29) is 24.2 Å². The summed E-state index contributed by atoms with van der Waals surface area (Å²) in [7, 11) is 0. The van der Waals surface area contributed by atoms with Gasteiger partial charge in [0.2, 0.25) is 11.8 Å². The van der Waals surface area contributed by atoms with E-state index in [0.29, 0.717) is 25.4 Å². The standard InChI is InChI=1S/C20H22N2O3S/c1-2-25-17-6-4-3-5-16(17)22-13-15(11-19(22)23)20(24)21-9-7-18-14(12-21)8-10-26-18/h3-6,8,10,15H,2,7,9,11-13H2,1H3. The Bertz CT molecular complexity index is 832. The Labute approximate surface area is 157 Å². The van der Waals surface area contributed by atoms with Crippen LogP contribution in [0.15, 0.2) is 35.7 Å². The van der Waals surface area contributed by atoms with Crippen molar-refractivity contribution in [3.63, 3.8) is 0 Å². The van der Waals surface area contributed by atoms with Gasteiger partial charge in [-0.3, -0.25) is 9.59 Å². The van der Waals surface area contributed by atoms with Crippen LogP contribution >= 0.6 is 11.3 Å². The zero-order chi connectivity index (χ0) is 18.1. The summed E-state index contributed by atoms with van der Waals surface area (Å²) < 4.78 is 5.65. The molecule has 1 aromatic carbocycles. The average Bonchev–Trinajstić information content (AvgIpc) is 3.27. The third-order valence-electron chi connectivity index (χ3n) is 5.05. The van der Waals surface area contributed by atoms with Gasteiger partial charge in [0.15, 0.2) is 0 Å². The molecule has 0 radical (unpaired) electrons. The molecule has 1 aromatic heterocycles. The van der Waals surface area contributed by atoms with Crippen LogP contribution in [-0.4, -0.2) is 36.4 Å². The lowest BCUT2D eigenvalue weighted by molar-refractivity contribution is -0.136. The number of fused-ring (bicyclic) bond motifs is 1. The summed E-state index contributed by atoms with van der Waals surface area (Å²) in [6.07, 6.45) is 1.18. The number of thiophene rings is 1. The maximum absolute atomic E-state index is 13.0. The van der Waals surface area contributed by atoms with Crippen molar-refractivity contribution in [2.24, 2.45) is 5.92 Å². The maximum atomic E-state index is 13.0. The number of amides is 2. The molecule has 1 unspecified atom stereocenters. The molecule has 2 aliphatic heterocycles. The Morgan fingerprint density at radius 1 is 1.31 bits per heavy atom. The van der Waals surface area contributed by atoms with Gasteiger partial charge in [0.1, 0.15) is 5.75 Å². The highest BCUT2D eigenvalue weighted by atomic mass is 32.1. The van der Waals surface area contributed by atoms with Gasteiger partial charge >= 0.3 is 0 Å². The minimum absolute atomic E-state index is 0.0104. The number of carbonyl (C=O) groups excluding carboxylic acids is 2. The lowest BCUT2D eigenvalue weighted by Gasteiger charge is -2.29. The number of carbonyl (C=O) groups is 2.